The van der Waals surface area contributed by atoms with E-state index in [1.165, 1.54) is 193 Å². The Balaban J connectivity index is 1.56. The highest BCUT2D eigenvalue weighted by molar-refractivity contribution is 5.91. The Morgan fingerprint density at radius 2 is 0.383 bits per heavy atom. The molecule has 0 bridgehead atoms. The molecule has 0 fully saturated rings. The number of aliphatic hydroxyl groups is 2. The Labute approximate surface area is 571 Å². The van der Waals surface area contributed by atoms with Gasteiger partial charge in [-0.2, -0.15) is 0 Å². The summed E-state index contributed by atoms with van der Waals surface area (Å²) in [7, 11) is 0. The largest absolute Gasteiger partial charge is 0.378 e. The lowest BCUT2D eigenvalue weighted by Gasteiger charge is -2.13. The van der Waals surface area contributed by atoms with E-state index in [2.05, 4.69) is 101 Å². The summed E-state index contributed by atoms with van der Waals surface area (Å²) in [6.45, 7) is 20.6. The van der Waals surface area contributed by atoms with Gasteiger partial charge >= 0.3 is 0 Å². The average Bonchev–Trinajstić information content (AvgIpc) is 0.793. The zero-order valence-electron chi connectivity index (χ0n) is 60.7. The van der Waals surface area contributed by atoms with Gasteiger partial charge in [0.2, 0.25) is 0 Å². The molecule has 0 aliphatic rings. The topological polar surface area (TPSA) is 118 Å². The van der Waals surface area contributed by atoms with Crippen LogP contribution in [0, 0.1) is 47.4 Å². The molecule has 0 radical (unpaired) electrons. The van der Waals surface area contributed by atoms with Gasteiger partial charge in [-0.05, 0) is 141 Å². The number of aromatic nitrogens is 6. The van der Waals surface area contributed by atoms with Gasteiger partial charge in [0.05, 0.1) is 67.5 Å². The first-order valence-corrected chi connectivity index (χ1v) is 38.2. The molecule has 0 saturated heterocycles. The maximum Gasteiger partial charge on any atom is 0.120 e. The Bertz CT molecular complexity index is 3290. The number of nitrogens with zero attached hydrogens (tertiary/aromatic N) is 6. The van der Waals surface area contributed by atoms with Crippen LogP contribution < -0.4 is 0 Å². The quantitative estimate of drug-likeness (QED) is 0.0287. The number of unbranched alkanes of at least 4 members (excludes halogenated alkanes) is 30. The summed E-state index contributed by atoms with van der Waals surface area (Å²) in [6.07, 6.45) is 48.7. The van der Waals surface area contributed by atoms with Gasteiger partial charge in [0.1, 0.15) is 44.3 Å². The molecule has 0 amide bonds. The lowest BCUT2D eigenvalue weighted by atomic mass is 10.0. The fourth-order valence-electron chi connectivity index (χ4n) is 12.6. The molecular formula is C86H122N6O2. The molecule has 0 saturated carbocycles. The maximum atomic E-state index is 10.8. The Hall–Kier alpha value is -6.16. The van der Waals surface area contributed by atoms with Gasteiger partial charge in [0.25, 0.3) is 0 Å². The van der Waals surface area contributed by atoms with Crippen molar-refractivity contribution in [1.29, 1.82) is 0 Å². The van der Waals surface area contributed by atoms with Crippen molar-refractivity contribution in [3.8, 4) is 47.4 Å². The van der Waals surface area contributed by atoms with E-state index in [1.54, 1.807) is 27.7 Å². The van der Waals surface area contributed by atoms with E-state index in [1.807, 2.05) is 24.3 Å². The van der Waals surface area contributed by atoms with Crippen molar-refractivity contribution in [2.45, 2.75) is 350 Å². The van der Waals surface area contributed by atoms with Crippen LogP contribution in [-0.2, 0) is 38.5 Å². The molecule has 3 aromatic carbocycles. The van der Waals surface area contributed by atoms with Crippen LogP contribution >= 0.6 is 0 Å². The van der Waals surface area contributed by atoms with E-state index in [0.717, 1.165) is 178 Å². The van der Waals surface area contributed by atoms with Crippen LogP contribution in [0.4, 0.5) is 0 Å². The second-order valence-corrected chi connectivity index (χ2v) is 28.1. The summed E-state index contributed by atoms with van der Waals surface area (Å²) in [4.78, 5) is 33.5. The van der Waals surface area contributed by atoms with E-state index >= 15 is 0 Å². The van der Waals surface area contributed by atoms with Gasteiger partial charge in [-0.3, -0.25) is 0 Å². The van der Waals surface area contributed by atoms with Gasteiger partial charge < -0.3 is 10.2 Å². The number of hydrogen-bond donors (Lipinski definition) is 2. The van der Waals surface area contributed by atoms with Gasteiger partial charge in [-0.25, -0.2) is 29.9 Å². The number of aryl methyl sites for hydroxylation is 6. The summed E-state index contributed by atoms with van der Waals surface area (Å²) < 4.78 is 0. The predicted octanol–water partition coefficient (Wildman–Crippen LogP) is 22.0. The molecular weight excluding hydrogens is 1150 g/mol. The lowest BCUT2D eigenvalue weighted by molar-refractivity contribution is 0.143. The van der Waals surface area contributed by atoms with Crippen LogP contribution in [0.15, 0.2) is 36.4 Å². The monoisotopic (exact) mass is 1270 g/mol. The highest BCUT2D eigenvalue weighted by Gasteiger charge is 2.20. The van der Waals surface area contributed by atoms with Gasteiger partial charge in [0, 0.05) is 0 Å². The molecule has 2 N–H and O–H groups in total. The second kappa shape index (κ2) is 43.1. The third kappa shape index (κ3) is 27.2. The van der Waals surface area contributed by atoms with Gasteiger partial charge in [0.15, 0.2) is 0 Å². The molecule has 8 heteroatoms. The van der Waals surface area contributed by atoms with Crippen molar-refractivity contribution in [3.05, 3.63) is 104 Å². The Morgan fingerprint density at radius 1 is 0.234 bits per heavy atom. The molecule has 0 unspecified atom stereocenters. The van der Waals surface area contributed by atoms with Crippen LogP contribution in [0.3, 0.4) is 0 Å². The Morgan fingerprint density at radius 3 is 0.543 bits per heavy atom. The highest BCUT2D eigenvalue weighted by atomic mass is 16.3. The molecule has 508 valence electrons. The number of rotatable bonds is 42. The maximum absolute atomic E-state index is 10.8. The van der Waals surface area contributed by atoms with Crippen LogP contribution in [0.25, 0.3) is 33.1 Å². The minimum Gasteiger partial charge on any atom is -0.378 e. The Kier molecular flexibility index (Phi) is 35.2. The van der Waals surface area contributed by atoms with Gasteiger partial charge in [-0.1, -0.05) is 282 Å². The van der Waals surface area contributed by atoms with E-state index in [-0.39, 0.29) is 0 Å². The second-order valence-electron chi connectivity index (χ2n) is 28.1. The summed E-state index contributed by atoms with van der Waals surface area (Å²) in [5.41, 5.74) is 13.3. The molecule has 0 aliphatic heterocycles. The van der Waals surface area contributed by atoms with E-state index in [9.17, 15) is 10.2 Å². The minimum atomic E-state index is -1.18. The molecule has 94 heavy (non-hydrogen) atoms. The van der Waals surface area contributed by atoms with Gasteiger partial charge in [-0.15, -0.1) is 0 Å². The van der Waals surface area contributed by atoms with Crippen LogP contribution in [0.1, 0.15) is 368 Å². The zero-order chi connectivity index (χ0) is 67.2. The average molecular weight is 1270 g/mol. The number of hydrogen-bond acceptors (Lipinski definition) is 8. The third-order valence-corrected chi connectivity index (χ3v) is 18.2. The lowest BCUT2D eigenvalue weighted by Crippen LogP contribution is -2.14. The van der Waals surface area contributed by atoms with Crippen molar-refractivity contribution in [1.82, 2.24) is 29.9 Å². The molecule has 0 spiro atoms. The van der Waals surface area contributed by atoms with Crippen molar-refractivity contribution < 1.29 is 10.2 Å². The first-order valence-electron chi connectivity index (χ1n) is 38.2. The summed E-state index contributed by atoms with van der Waals surface area (Å²) >= 11 is 0. The molecule has 3 aromatic heterocycles. The van der Waals surface area contributed by atoms with Crippen LogP contribution in [0.5, 0.6) is 0 Å². The van der Waals surface area contributed by atoms with Crippen molar-refractivity contribution in [2.75, 3.05) is 0 Å². The van der Waals surface area contributed by atoms with Crippen LogP contribution in [0.2, 0.25) is 0 Å². The van der Waals surface area contributed by atoms with Crippen molar-refractivity contribution in [2.24, 2.45) is 0 Å². The fraction of sp³-hybridized carbons (Fsp3) is 0.628. The molecule has 8 nitrogen and oxygen atoms in total. The summed E-state index contributed by atoms with van der Waals surface area (Å²) in [6, 6.07) is 12.3. The first kappa shape index (κ1) is 76.9. The SMILES string of the molecule is CCCCCCCCc1nc2c(C#Cc3ccc(C#CC(C)(C)O)c4nc(CCCCCCCC)c(CCCCCCCC)nc34)ccc(C#Cc3ccc(C#CC(C)(C)O)c4nc(CCCCCCCC)c(CCCCCCCC)nc34)c2nc1CCCCCCCC. The third-order valence-electron chi connectivity index (χ3n) is 18.2. The smallest absolute Gasteiger partial charge is 0.120 e. The van der Waals surface area contributed by atoms with E-state index < -0.39 is 11.2 Å². The zero-order valence-corrected chi connectivity index (χ0v) is 60.7. The summed E-state index contributed by atoms with van der Waals surface area (Å²) in [5, 5.41) is 21.7. The standard InChI is InChI=1S/C86H122N6O2/c1-11-17-23-29-35-41-47-73-74(48-42-36-30-24-18-12-2)88-80-68(56-58-70-60-62-72(64-66-86(9,10)94)84-82(70)90-76(50-44-38-32-26-20-14-4)78(92-84)52-46-40-34-28-22-16-6)54-53-67(79(80)87-73)55-57-69-59-61-71(63-65-85(7,8)93)83-81(69)89-75(49-43-37-31-25-19-13-3)77(91-83)51-45-39-33-27-21-15-5/h53-54,59-62,93-94H,11-52H2,1-10H3. The molecule has 0 aliphatic carbocycles. The van der Waals surface area contributed by atoms with Crippen LogP contribution in [-0.4, -0.2) is 51.3 Å². The molecule has 3 heterocycles. The van der Waals surface area contributed by atoms with Crippen molar-refractivity contribution in [3.63, 3.8) is 0 Å². The number of benzene rings is 3. The molecule has 6 aromatic rings. The van der Waals surface area contributed by atoms with E-state index in [4.69, 9.17) is 29.9 Å². The summed E-state index contributed by atoms with van der Waals surface area (Å²) in [5.74, 6) is 27.5. The highest BCUT2D eigenvalue weighted by Crippen LogP contribution is 2.29. The normalized spacial score (nSPS) is 11.6. The molecule has 6 rings (SSSR count). The molecule has 0 atom stereocenters. The predicted molar refractivity (Wildman–Crippen MR) is 399 cm³/mol. The first-order chi connectivity index (χ1) is 45.7. The number of fused-ring (bicyclic) bond motifs is 3. The van der Waals surface area contributed by atoms with Crippen molar-refractivity contribution >= 4 is 33.1 Å². The minimum absolute atomic E-state index is 0.741. The fourth-order valence-corrected chi connectivity index (χ4v) is 12.6. The van der Waals surface area contributed by atoms with E-state index in [0.29, 0.717) is 0 Å².